The monoisotopic (exact) mass is 551 g/mol. The van der Waals surface area contributed by atoms with Gasteiger partial charge in [0.1, 0.15) is 0 Å². The number of fused-ring (bicyclic) bond motifs is 1. The molecule has 0 bridgehead atoms. The number of amides is 2. The van der Waals surface area contributed by atoms with Gasteiger partial charge in [0.15, 0.2) is 11.6 Å². The normalized spacial score (nSPS) is 22.3. The molecule has 1 aliphatic carbocycles. The van der Waals surface area contributed by atoms with Crippen LogP contribution in [-0.2, 0) is 9.59 Å². The van der Waals surface area contributed by atoms with E-state index in [1.165, 1.54) is 30.3 Å². The van der Waals surface area contributed by atoms with Crippen molar-refractivity contribution in [2.24, 2.45) is 23.7 Å². The maximum absolute atomic E-state index is 13.7. The molecule has 1 fully saturated rings. The van der Waals surface area contributed by atoms with Gasteiger partial charge in [-0.15, -0.1) is 0 Å². The number of imide groups is 1. The van der Waals surface area contributed by atoms with Crippen LogP contribution >= 0.6 is 0 Å². The van der Waals surface area contributed by atoms with Crippen molar-refractivity contribution in [3.63, 3.8) is 0 Å². The number of aliphatic hydroxyl groups is 2. The average Bonchev–Trinajstić information content (AvgIpc) is 3.17. The zero-order valence-electron chi connectivity index (χ0n) is 22.8. The highest BCUT2D eigenvalue weighted by molar-refractivity contribution is 6.58. The molecule has 40 heavy (non-hydrogen) atoms. The number of allylic oxidation sites excluding steroid dienone is 2. The summed E-state index contributed by atoms with van der Waals surface area (Å²) < 4.78 is 13.7. The number of aromatic hydroxyl groups is 1. The fourth-order valence-electron chi connectivity index (χ4n) is 6.01. The number of nitrogens with zero attached hydrogens (tertiary/aromatic N) is 1. The smallest absolute Gasteiger partial charge is 0.488 e. The summed E-state index contributed by atoms with van der Waals surface area (Å²) in [5.41, 5.74) is 3.25. The zero-order valence-corrected chi connectivity index (χ0v) is 22.8. The summed E-state index contributed by atoms with van der Waals surface area (Å²) in [7, 11) is -1.76. The number of benzene rings is 2. The van der Waals surface area contributed by atoms with Crippen LogP contribution < -0.4 is 10.4 Å². The highest BCUT2D eigenvalue weighted by Gasteiger charge is 2.55. The van der Waals surface area contributed by atoms with Crippen molar-refractivity contribution < 1.29 is 39.3 Å². The van der Waals surface area contributed by atoms with Gasteiger partial charge in [0.2, 0.25) is 11.8 Å². The number of phenols is 1. The van der Waals surface area contributed by atoms with Crippen molar-refractivity contribution in [1.82, 2.24) is 0 Å². The molecule has 5 N–H and O–H groups in total. The predicted molar refractivity (Wildman–Crippen MR) is 150 cm³/mol. The molecule has 2 aromatic rings. The van der Waals surface area contributed by atoms with Crippen LogP contribution in [0.4, 0.5) is 10.1 Å². The Labute approximate surface area is 233 Å². The molecular weight excluding hydrogens is 516 g/mol. The van der Waals surface area contributed by atoms with Crippen molar-refractivity contribution in [1.29, 1.82) is 0 Å². The Balaban J connectivity index is 1.60. The molecule has 0 aromatic heterocycles. The molecular formula is C30H35BFNO7. The van der Waals surface area contributed by atoms with E-state index in [2.05, 4.69) is 0 Å². The van der Waals surface area contributed by atoms with Gasteiger partial charge in [0, 0.05) is 5.92 Å². The Bertz CT molecular complexity index is 1360. The van der Waals surface area contributed by atoms with Crippen LogP contribution in [-0.4, -0.2) is 57.0 Å². The van der Waals surface area contributed by atoms with Crippen LogP contribution in [0.1, 0.15) is 45.6 Å². The first kappa shape index (κ1) is 29.7. The number of hydrogen-bond donors (Lipinski definition) is 5. The molecule has 2 aliphatic rings. The number of rotatable bonds is 9. The van der Waals surface area contributed by atoms with E-state index in [0.717, 1.165) is 16.0 Å². The molecule has 0 spiro atoms. The Morgan fingerprint density at radius 1 is 1.15 bits per heavy atom. The lowest BCUT2D eigenvalue weighted by molar-refractivity contribution is -0.123. The van der Waals surface area contributed by atoms with Gasteiger partial charge in [-0.05, 0) is 73.0 Å². The maximum Gasteiger partial charge on any atom is 0.488 e. The van der Waals surface area contributed by atoms with Crippen LogP contribution in [0.25, 0.3) is 6.08 Å². The third-order valence-electron chi connectivity index (χ3n) is 8.00. The molecule has 4 atom stereocenters. The summed E-state index contributed by atoms with van der Waals surface area (Å²) >= 11 is 0. The maximum atomic E-state index is 13.7. The van der Waals surface area contributed by atoms with Crippen molar-refractivity contribution in [2.75, 3.05) is 11.5 Å². The molecule has 1 saturated heterocycles. The largest absolute Gasteiger partial charge is 0.505 e. The number of anilines is 1. The molecule has 2 amide bonds. The number of carbonyl (C=O) groups is 2. The van der Waals surface area contributed by atoms with Gasteiger partial charge in [0.05, 0.1) is 30.2 Å². The van der Waals surface area contributed by atoms with E-state index in [1.54, 1.807) is 18.2 Å². The number of aliphatic hydroxyl groups excluding tert-OH is 2. The third kappa shape index (κ3) is 5.76. The molecule has 8 nitrogen and oxygen atoms in total. The second-order valence-electron chi connectivity index (χ2n) is 11.0. The summed E-state index contributed by atoms with van der Waals surface area (Å²) in [4.78, 5) is 28.3. The number of carbonyl (C=O) groups excluding carboxylic acids is 2. The molecule has 1 aliphatic heterocycles. The van der Waals surface area contributed by atoms with Gasteiger partial charge >= 0.3 is 7.12 Å². The molecule has 0 unspecified atom stereocenters. The molecule has 2 aromatic carbocycles. The summed E-state index contributed by atoms with van der Waals surface area (Å²) in [5, 5.41) is 50.4. The molecule has 10 heteroatoms. The van der Waals surface area contributed by atoms with E-state index in [4.69, 9.17) is 0 Å². The van der Waals surface area contributed by atoms with Crippen LogP contribution in [0.3, 0.4) is 0 Å². The fourth-order valence-corrected chi connectivity index (χ4v) is 6.01. The summed E-state index contributed by atoms with van der Waals surface area (Å²) in [6.45, 7) is 5.33. The van der Waals surface area contributed by atoms with E-state index in [9.17, 15) is 39.3 Å². The fraction of sp³-hybridized carbons (Fsp3) is 0.400. The SMILES string of the molecule is C/C(=C\c1ccc(O)c(F)c1)CC[C@@H](O)C1=C(C(C)C)C[C@H]2C(=O)N(c3cccc(B(O)O)c3)C(=O)[C@H]2[C@H]1CO. The molecule has 4 rings (SSSR count). The van der Waals surface area contributed by atoms with Crippen LogP contribution in [0.2, 0.25) is 0 Å². The van der Waals surface area contributed by atoms with E-state index >= 15 is 0 Å². The van der Waals surface area contributed by atoms with E-state index < -0.39 is 61.0 Å². The van der Waals surface area contributed by atoms with Gasteiger partial charge in [-0.3, -0.25) is 14.5 Å². The summed E-state index contributed by atoms with van der Waals surface area (Å²) in [6, 6.07) is 10.0. The van der Waals surface area contributed by atoms with E-state index in [0.29, 0.717) is 24.0 Å². The van der Waals surface area contributed by atoms with Crippen molar-refractivity contribution >= 4 is 36.2 Å². The van der Waals surface area contributed by atoms with E-state index in [1.807, 2.05) is 20.8 Å². The zero-order chi connectivity index (χ0) is 29.3. The van der Waals surface area contributed by atoms with E-state index in [-0.39, 0.29) is 23.5 Å². The first-order valence-corrected chi connectivity index (χ1v) is 13.5. The van der Waals surface area contributed by atoms with Crippen molar-refractivity contribution in [3.05, 3.63) is 70.6 Å². The Morgan fingerprint density at radius 2 is 1.88 bits per heavy atom. The average molecular weight is 551 g/mol. The number of phenolic OH excluding ortho intramolecular Hbond substituents is 1. The van der Waals surface area contributed by atoms with Crippen molar-refractivity contribution in [2.45, 2.75) is 46.1 Å². The minimum Gasteiger partial charge on any atom is -0.505 e. The second-order valence-corrected chi connectivity index (χ2v) is 11.0. The standard InChI is InChI=1S/C30H35BFNO7/c1-16(2)21-14-22-28(30(38)33(29(22)37)20-6-4-5-19(13-20)31(39)40)23(15-34)27(21)26(36)9-7-17(3)11-18-8-10-25(35)24(32)12-18/h4-6,8,10-13,16,22-23,26,28,34-36,39-40H,7,9,14-15H2,1-3H3/b17-11+/t22-,23+,26-,28-/m1/s1. The summed E-state index contributed by atoms with van der Waals surface area (Å²) in [6.07, 6.45) is 1.82. The first-order chi connectivity index (χ1) is 18.9. The van der Waals surface area contributed by atoms with Gasteiger partial charge < -0.3 is 25.4 Å². The number of halogens is 1. The Hall–Kier alpha value is -3.31. The van der Waals surface area contributed by atoms with Gasteiger partial charge in [-0.2, -0.15) is 0 Å². The minimum absolute atomic E-state index is 0.0407. The summed E-state index contributed by atoms with van der Waals surface area (Å²) in [5.74, 6) is -4.41. The molecule has 0 radical (unpaired) electrons. The minimum atomic E-state index is -1.76. The highest BCUT2D eigenvalue weighted by Crippen LogP contribution is 2.48. The van der Waals surface area contributed by atoms with Gasteiger partial charge in [-0.25, -0.2) is 4.39 Å². The van der Waals surface area contributed by atoms with Gasteiger partial charge in [-0.1, -0.05) is 49.3 Å². The van der Waals surface area contributed by atoms with Gasteiger partial charge in [0.25, 0.3) is 0 Å². The van der Waals surface area contributed by atoms with Crippen LogP contribution in [0, 0.1) is 29.5 Å². The van der Waals surface area contributed by atoms with Crippen LogP contribution in [0.15, 0.2) is 59.2 Å². The highest BCUT2D eigenvalue weighted by atomic mass is 19.1. The number of hydrogen-bond acceptors (Lipinski definition) is 7. The topological polar surface area (TPSA) is 139 Å². The quantitative estimate of drug-likeness (QED) is 0.183. The Morgan fingerprint density at radius 3 is 2.50 bits per heavy atom. The lowest BCUT2D eigenvalue weighted by Gasteiger charge is -2.38. The molecule has 0 saturated carbocycles. The predicted octanol–water partition coefficient (Wildman–Crippen LogP) is 2.53. The van der Waals surface area contributed by atoms with Crippen molar-refractivity contribution in [3.8, 4) is 5.75 Å². The second kappa shape index (κ2) is 12.1. The lowest BCUT2D eigenvalue weighted by atomic mass is 9.66. The Kier molecular flexibility index (Phi) is 8.94. The lowest BCUT2D eigenvalue weighted by Crippen LogP contribution is -2.40. The third-order valence-corrected chi connectivity index (χ3v) is 8.00. The molecule has 1 heterocycles. The first-order valence-electron chi connectivity index (χ1n) is 13.5. The molecule has 212 valence electrons. The van der Waals surface area contributed by atoms with Crippen LogP contribution in [0.5, 0.6) is 5.75 Å².